The summed E-state index contributed by atoms with van der Waals surface area (Å²) in [6.07, 6.45) is 0.207. The van der Waals surface area contributed by atoms with E-state index >= 15 is 0 Å². The quantitative estimate of drug-likeness (QED) is 0.856. The van der Waals surface area contributed by atoms with Crippen LogP contribution in [-0.4, -0.2) is 15.6 Å². The highest BCUT2D eigenvalue weighted by Crippen LogP contribution is 2.25. The van der Waals surface area contributed by atoms with Gasteiger partial charge in [-0.3, -0.25) is 4.79 Å². The van der Waals surface area contributed by atoms with Crippen LogP contribution in [0.1, 0.15) is 18.2 Å². The van der Waals surface area contributed by atoms with Gasteiger partial charge >= 0.3 is 0 Å². The summed E-state index contributed by atoms with van der Waals surface area (Å²) in [6, 6.07) is 6.23. The maximum Gasteiger partial charge on any atom is 0.148 e. The molecule has 0 spiro atoms. The third-order valence-electron chi connectivity index (χ3n) is 2.63. The first-order valence-electron chi connectivity index (χ1n) is 5.49. The molecule has 3 nitrogen and oxygen atoms in total. The molecule has 1 heterocycles. The molecular formula is C13H12ClFN2O. The van der Waals surface area contributed by atoms with Crippen LogP contribution < -0.4 is 0 Å². The molecule has 0 aliphatic heterocycles. The first-order valence-corrected chi connectivity index (χ1v) is 5.87. The molecule has 2 aromatic rings. The van der Waals surface area contributed by atoms with E-state index in [4.69, 9.17) is 11.6 Å². The van der Waals surface area contributed by atoms with Crippen LogP contribution in [0.15, 0.2) is 24.3 Å². The highest BCUT2D eigenvalue weighted by atomic mass is 35.5. The van der Waals surface area contributed by atoms with E-state index in [1.165, 1.54) is 17.7 Å². The number of rotatable bonds is 3. The summed E-state index contributed by atoms with van der Waals surface area (Å²) < 4.78 is 15.0. The van der Waals surface area contributed by atoms with Gasteiger partial charge in [0.25, 0.3) is 0 Å². The van der Waals surface area contributed by atoms with Gasteiger partial charge < -0.3 is 0 Å². The fraction of sp³-hybridized carbons (Fsp3) is 0.231. The summed E-state index contributed by atoms with van der Waals surface area (Å²) in [5, 5.41) is 4.47. The second-order valence-electron chi connectivity index (χ2n) is 4.10. The molecule has 5 heteroatoms. The number of aryl methyl sites for hydroxylation is 1. The molecule has 0 fully saturated rings. The Labute approximate surface area is 109 Å². The van der Waals surface area contributed by atoms with Crippen molar-refractivity contribution >= 4 is 17.4 Å². The van der Waals surface area contributed by atoms with Crippen molar-refractivity contribution in [2.75, 3.05) is 0 Å². The second-order valence-corrected chi connectivity index (χ2v) is 4.45. The Morgan fingerprint density at radius 2 is 2.11 bits per heavy atom. The Hall–Kier alpha value is -1.68. The molecule has 0 saturated carbocycles. The van der Waals surface area contributed by atoms with E-state index in [9.17, 15) is 9.18 Å². The van der Waals surface area contributed by atoms with Gasteiger partial charge in [0.2, 0.25) is 0 Å². The first kappa shape index (κ1) is 12.8. The van der Waals surface area contributed by atoms with Crippen molar-refractivity contribution in [1.82, 2.24) is 9.78 Å². The minimum Gasteiger partial charge on any atom is -0.300 e. The molecule has 0 N–H and O–H groups in total. The number of para-hydroxylation sites is 1. The zero-order valence-corrected chi connectivity index (χ0v) is 10.8. The standard InChI is InChI=1S/C13H12ClFN2O/c1-8(18)7-10-9(2)16-17(13(10)14)12-6-4-3-5-11(12)15/h3-6H,7H2,1-2H3. The normalized spacial score (nSPS) is 10.7. The van der Waals surface area contributed by atoms with Gasteiger partial charge in [-0.15, -0.1) is 0 Å². The van der Waals surface area contributed by atoms with Crippen molar-refractivity contribution in [3.8, 4) is 5.69 Å². The fourth-order valence-electron chi connectivity index (χ4n) is 1.76. The molecule has 0 saturated heterocycles. The van der Waals surface area contributed by atoms with E-state index in [2.05, 4.69) is 5.10 Å². The number of halogens is 2. The van der Waals surface area contributed by atoms with E-state index in [0.717, 1.165) is 0 Å². The van der Waals surface area contributed by atoms with Gasteiger partial charge in [0, 0.05) is 12.0 Å². The third-order valence-corrected chi connectivity index (χ3v) is 3.02. The summed E-state index contributed by atoms with van der Waals surface area (Å²) in [4.78, 5) is 11.2. The highest BCUT2D eigenvalue weighted by molar-refractivity contribution is 6.30. The van der Waals surface area contributed by atoms with Crippen molar-refractivity contribution in [1.29, 1.82) is 0 Å². The first-order chi connectivity index (χ1) is 8.50. The van der Waals surface area contributed by atoms with Crippen LogP contribution in [0.2, 0.25) is 5.15 Å². The SMILES string of the molecule is CC(=O)Cc1c(C)nn(-c2ccccc2F)c1Cl. The molecule has 0 bridgehead atoms. The lowest BCUT2D eigenvalue weighted by Crippen LogP contribution is -2.00. The zero-order valence-electron chi connectivity index (χ0n) is 10.1. The lowest BCUT2D eigenvalue weighted by Gasteiger charge is -2.04. The second kappa shape index (κ2) is 4.90. The monoisotopic (exact) mass is 266 g/mol. The molecular weight excluding hydrogens is 255 g/mol. The lowest BCUT2D eigenvalue weighted by molar-refractivity contribution is -0.116. The van der Waals surface area contributed by atoms with E-state index < -0.39 is 5.82 Å². The van der Waals surface area contributed by atoms with Crippen LogP contribution in [0.4, 0.5) is 4.39 Å². The number of carbonyl (C=O) groups is 1. The van der Waals surface area contributed by atoms with Crippen LogP contribution >= 0.6 is 11.6 Å². The lowest BCUT2D eigenvalue weighted by atomic mass is 10.1. The summed E-state index contributed by atoms with van der Waals surface area (Å²) in [5.41, 5.74) is 1.56. The molecule has 1 aromatic heterocycles. The maximum absolute atomic E-state index is 13.7. The largest absolute Gasteiger partial charge is 0.300 e. The van der Waals surface area contributed by atoms with Gasteiger partial charge in [-0.05, 0) is 26.0 Å². The van der Waals surface area contributed by atoms with Gasteiger partial charge in [0.15, 0.2) is 0 Å². The number of hydrogen-bond donors (Lipinski definition) is 0. The molecule has 0 aliphatic carbocycles. The van der Waals surface area contributed by atoms with E-state index in [1.807, 2.05) is 0 Å². The zero-order chi connectivity index (χ0) is 13.3. The molecule has 0 atom stereocenters. The van der Waals surface area contributed by atoms with Crippen LogP contribution in [-0.2, 0) is 11.2 Å². The average molecular weight is 267 g/mol. The summed E-state index contributed by atoms with van der Waals surface area (Å²) in [5.74, 6) is -0.413. The Kier molecular flexibility index (Phi) is 3.48. The number of nitrogens with zero attached hydrogens (tertiary/aromatic N) is 2. The fourth-order valence-corrected chi connectivity index (χ4v) is 2.10. The Morgan fingerprint density at radius 1 is 1.44 bits per heavy atom. The number of ketones is 1. The summed E-state index contributed by atoms with van der Waals surface area (Å²) in [7, 11) is 0. The predicted molar refractivity (Wildman–Crippen MR) is 67.7 cm³/mol. The van der Waals surface area contributed by atoms with Crippen LogP contribution in [0.25, 0.3) is 5.69 Å². The molecule has 1 aromatic carbocycles. The molecule has 2 rings (SSSR count). The Morgan fingerprint density at radius 3 is 2.72 bits per heavy atom. The van der Waals surface area contributed by atoms with Gasteiger partial charge in [0.1, 0.15) is 22.4 Å². The average Bonchev–Trinajstić information content (AvgIpc) is 2.57. The van der Waals surface area contributed by atoms with Crippen LogP contribution in [0.3, 0.4) is 0 Å². The summed E-state index contributed by atoms with van der Waals surface area (Å²) >= 11 is 6.16. The van der Waals surface area contributed by atoms with E-state index in [-0.39, 0.29) is 23.0 Å². The van der Waals surface area contributed by atoms with E-state index in [0.29, 0.717) is 11.3 Å². The summed E-state index contributed by atoms with van der Waals surface area (Å²) in [6.45, 7) is 3.23. The van der Waals surface area contributed by atoms with Crippen molar-refractivity contribution < 1.29 is 9.18 Å². The molecule has 0 radical (unpaired) electrons. The Balaban J connectivity index is 2.54. The van der Waals surface area contributed by atoms with Gasteiger partial charge in [0.05, 0.1) is 5.69 Å². The number of aromatic nitrogens is 2. The van der Waals surface area contributed by atoms with Gasteiger partial charge in [-0.2, -0.15) is 5.10 Å². The van der Waals surface area contributed by atoms with Crippen LogP contribution in [0.5, 0.6) is 0 Å². The number of carbonyl (C=O) groups excluding carboxylic acids is 1. The van der Waals surface area contributed by atoms with Crippen molar-refractivity contribution in [2.45, 2.75) is 20.3 Å². The third kappa shape index (κ3) is 2.29. The molecule has 94 valence electrons. The molecule has 0 amide bonds. The molecule has 18 heavy (non-hydrogen) atoms. The van der Waals surface area contributed by atoms with E-state index in [1.54, 1.807) is 25.1 Å². The highest BCUT2D eigenvalue weighted by Gasteiger charge is 2.17. The molecule has 0 unspecified atom stereocenters. The molecule has 0 aliphatic rings. The number of hydrogen-bond acceptors (Lipinski definition) is 2. The smallest absolute Gasteiger partial charge is 0.148 e. The van der Waals surface area contributed by atoms with Crippen molar-refractivity contribution in [2.24, 2.45) is 0 Å². The van der Waals surface area contributed by atoms with Crippen molar-refractivity contribution in [3.05, 3.63) is 46.5 Å². The maximum atomic E-state index is 13.7. The predicted octanol–water partition coefficient (Wildman–Crippen LogP) is 3.10. The van der Waals surface area contributed by atoms with Crippen molar-refractivity contribution in [3.63, 3.8) is 0 Å². The minimum atomic E-state index is -0.406. The van der Waals surface area contributed by atoms with Crippen LogP contribution in [0, 0.1) is 12.7 Å². The topological polar surface area (TPSA) is 34.9 Å². The van der Waals surface area contributed by atoms with Gasteiger partial charge in [-0.25, -0.2) is 9.07 Å². The minimum absolute atomic E-state index is 0.00640. The Bertz CT molecular complexity index is 607. The van der Waals surface area contributed by atoms with Gasteiger partial charge in [-0.1, -0.05) is 23.7 Å². The number of benzene rings is 1. The number of Topliss-reactive ketones (excluding diaryl/α,β-unsaturated/α-hetero) is 1.